The van der Waals surface area contributed by atoms with E-state index in [2.05, 4.69) is 26.9 Å². The third kappa shape index (κ3) is 5.56. The summed E-state index contributed by atoms with van der Waals surface area (Å²) in [5.74, 6) is 0. The molecule has 34 heavy (non-hydrogen) atoms. The summed E-state index contributed by atoms with van der Waals surface area (Å²) < 4.78 is 63.4. The van der Waals surface area contributed by atoms with Crippen molar-refractivity contribution in [3.63, 3.8) is 0 Å². The zero-order valence-corrected chi connectivity index (χ0v) is 19.5. The van der Waals surface area contributed by atoms with Gasteiger partial charge in [-0.2, -0.15) is 32.3 Å². The van der Waals surface area contributed by atoms with Gasteiger partial charge in [0.2, 0.25) is 0 Å². The van der Waals surface area contributed by atoms with E-state index in [0.717, 1.165) is 0 Å². The maximum Gasteiger partial charge on any atom is 0.294 e. The van der Waals surface area contributed by atoms with E-state index in [4.69, 9.17) is 9.11 Å². The molecule has 0 atom stereocenters. The predicted octanol–water partition coefficient (Wildman–Crippen LogP) is 4.56. The Labute approximate surface area is 196 Å². The van der Waals surface area contributed by atoms with Crippen LogP contribution in [0.2, 0.25) is 0 Å². The van der Waals surface area contributed by atoms with Crippen LogP contribution in [0.1, 0.15) is 11.1 Å². The highest BCUT2D eigenvalue weighted by Gasteiger charge is 2.17. The Kier molecular flexibility index (Phi) is 6.99. The molecule has 176 valence electrons. The lowest BCUT2D eigenvalue weighted by Crippen LogP contribution is -2.02. The van der Waals surface area contributed by atoms with Gasteiger partial charge in [0.1, 0.15) is 11.8 Å². The molecule has 3 rings (SSSR count). The molecule has 0 aliphatic carbocycles. The van der Waals surface area contributed by atoms with Crippen molar-refractivity contribution in [2.75, 3.05) is 17.7 Å². The molecule has 13 heteroatoms. The molecule has 0 aromatic heterocycles. The van der Waals surface area contributed by atoms with E-state index in [1.807, 2.05) is 0 Å². The lowest BCUT2D eigenvalue weighted by atomic mass is 10.0. The van der Waals surface area contributed by atoms with Crippen molar-refractivity contribution < 1.29 is 25.9 Å². The molecule has 0 aliphatic heterocycles. The minimum Gasteiger partial charge on any atom is -0.354 e. The van der Waals surface area contributed by atoms with Gasteiger partial charge in [-0.15, -0.1) is 0 Å². The van der Waals surface area contributed by atoms with E-state index in [9.17, 15) is 22.1 Å². The SMILES string of the molecule is CN=Nc1c(Nc2ccc(S(=O)(=O)O)cc2)cc(Nc2ccc(S(=O)(=O)O)cc2)c(C#N)c1C. The number of nitrogens with one attached hydrogen (secondary N) is 2. The Bertz CT molecular complexity index is 1510. The fourth-order valence-electron chi connectivity index (χ4n) is 3.11. The van der Waals surface area contributed by atoms with Crippen LogP contribution in [0.5, 0.6) is 0 Å². The van der Waals surface area contributed by atoms with Crippen molar-refractivity contribution in [2.24, 2.45) is 10.2 Å². The molecule has 0 spiro atoms. The van der Waals surface area contributed by atoms with Crippen LogP contribution in [-0.4, -0.2) is 33.0 Å². The third-order valence-corrected chi connectivity index (χ3v) is 6.45. The number of azo groups is 1. The lowest BCUT2D eigenvalue weighted by molar-refractivity contribution is 0.481. The number of hydrogen-bond donors (Lipinski definition) is 4. The summed E-state index contributed by atoms with van der Waals surface area (Å²) in [5.41, 5.74) is 2.91. The largest absolute Gasteiger partial charge is 0.354 e. The van der Waals surface area contributed by atoms with Crippen molar-refractivity contribution in [1.29, 1.82) is 5.26 Å². The fourth-order valence-corrected chi connectivity index (χ4v) is 4.07. The summed E-state index contributed by atoms with van der Waals surface area (Å²) in [4.78, 5) is -0.539. The first kappa shape index (κ1) is 24.8. The first-order valence-electron chi connectivity index (χ1n) is 9.50. The van der Waals surface area contributed by atoms with Crippen molar-refractivity contribution in [3.8, 4) is 6.07 Å². The molecule has 11 nitrogen and oxygen atoms in total. The lowest BCUT2D eigenvalue weighted by Gasteiger charge is -2.17. The Morgan fingerprint density at radius 2 is 1.26 bits per heavy atom. The molecule has 0 saturated heterocycles. The summed E-state index contributed by atoms with van der Waals surface area (Å²) in [6.07, 6.45) is 0. The molecular formula is C21H19N5O6S2. The molecular weight excluding hydrogens is 482 g/mol. The van der Waals surface area contributed by atoms with Gasteiger partial charge in [0, 0.05) is 18.4 Å². The number of nitriles is 1. The Hall–Kier alpha value is -3.83. The van der Waals surface area contributed by atoms with Gasteiger partial charge in [0.05, 0.1) is 26.7 Å². The Balaban J connectivity index is 2.05. The van der Waals surface area contributed by atoms with Gasteiger partial charge >= 0.3 is 0 Å². The first-order valence-corrected chi connectivity index (χ1v) is 12.4. The third-order valence-electron chi connectivity index (χ3n) is 4.72. The standard InChI is InChI=1S/C21H19N5O6S2/c1-13-18(12-22)19(24-14-3-7-16(8-4-14)33(27,28)29)11-20(21(13)26-23-2)25-15-5-9-17(10-6-15)34(30,31)32/h3-11,24-25H,1-2H3,(H,27,28,29)(H,30,31,32). The number of benzene rings is 3. The normalized spacial score (nSPS) is 11.9. The van der Waals surface area contributed by atoms with Crippen LogP contribution in [-0.2, 0) is 20.2 Å². The zero-order valence-electron chi connectivity index (χ0n) is 17.9. The van der Waals surface area contributed by atoms with Crippen LogP contribution < -0.4 is 10.6 Å². The van der Waals surface area contributed by atoms with Crippen LogP contribution in [0, 0.1) is 18.3 Å². The van der Waals surface area contributed by atoms with Gasteiger partial charge in [-0.25, -0.2) is 0 Å². The van der Waals surface area contributed by atoms with Gasteiger partial charge in [-0.1, -0.05) is 0 Å². The van der Waals surface area contributed by atoms with Crippen molar-refractivity contribution >= 4 is 48.7 Å². The molecule has 0 saturated carbocycles. The zero-order chi connectivity index (χ0) is 25.1. The van der Waals surface area contributed by atoms with E-state index in [-0.39, 0.29) is 15.4 Å². The molecule has 3 aromatic carbocycles. The second-order valence-electron chi connectivity index (χ2n) is 6.98. The van der Waals surface area contributed by atoms with Crippen LogP contribution in [0.4, 0.5) is 28.4 Å². The Morgan fingerprint density at radius 1 is 0.824 bits per heavy atom. The fraction of sp³-hybridized carbons (Fsp3) is 0.0952. The maximum atomic E-state index is 11.3. The van der Waals surface area contributed by atoms with Crippen molar-refractivity contribution in [3.05, 3.63) is 65.7 Å². The quantitative estimate of drug-likeness (QED) is 0.266. The minimum absolute atomic E-state index is 0.266. The van der Waals surface area contributed by atoms with E-state index in [1.165, 1.54) is 55.6 Å². The second-order valence-corrected chi connectivity index (χ2v) is 9.82. The molecule has 3 aromatic rings. The van der Waals surface area contributed by atoms with E-state index in [0.29, 0.717) is 34.0 Å². The van der Waals surface area contributed by atoms with Gasteiger partial charge in [-0.3, -0.25) is 9.11 Å². The van der Waals surface area contributed by atoms with Crippen LogP contribution >= 0.6 is 0 Å². The number of nitrogens with zero attached hydrogens (tertiary/aromatic N) is 3. The highest BCUT2D eigenvalue weighted by molar-refractivity contribution is 7.86. The smallest absolute Gasteiger partial charge is 0.294 e. The predicted molar refractivity (Wildman–Crippen MR) is 125 cm³/mol. The number of anilines is 4. The van der Waals surface area contributed by atoms with Crippen LogP contribution in [0.3, 0.4) is 0 Å². The van der Waals surface area contributed by atoms with E-state index in [1.54, 1.807) is 13.0 Å². The first-order chi connectivity index (χ1) is 15.9. The summed E-state index contributed by atoms with van der Waals surface area (Å²) in [6.45, 7) is 1.68. The highest BCUT2D eigenvalue weighted by Crippen LogP contribution is 2.39. The summed E-state index contributed by atoms with van der Waals surface area (Å²) in [6, 6.07) is 14.4. The average molecular weight is 502 g/mol. The molecule has 0 unspecified atom stereocenters. The summed E-state index contributed by atoms with van der Waals surface area (Å²) >= 11 is 0. The molecule has 0 bridgehead atoms. The highest BCUT2D eigenvalue weighted by atomic mass is 32.2. The monoisotopic (exact) mass is 501 g/mol. The molecule has 0 aliphatic rings. The van der Waals surface area contributed by atoms with Crippen molar-refractivity contribution in [1.82, 2.24) is 0 Å². The Morgan fingerprint density at radius 3 is 1.65 bits per heavy atom. The van der Waals surface area contributed by atoms with E-state index < -0.39 is 20.2 Å². The van der Waals surface area contributed by atoms with Gasteiger partial charge < -0.3 is 10.6 Å². The molecule has 0 fully saturated rings. The van der Waals surface area contributed by atoms with Gasteiger partial charge in [-0.05, 0) is 67.1 Å². The summed E-state index contributed by atoms with van der Waals surface area (Å²) in [7, 11) is -7.21. The second kappa shape index (κ2) is 9.57. The van der Waals surface area contributed by atoms with Crippen LogP contribution in [0.15, 0.2) is 74.6 Å². The topological polar surface area (TPSA) is 181 Å². The molecule has 0 heterocycles. The minimum atomic E-state index is -4.34. The number of hydrogen-bond acceptors (Lipinski definition) is 9. The average Bonchev–Trinajstić information content (AvgIpc) is 2.76. The van der Waals surface area contributed by atoms with Crippen molar-refractivity contribution in [2.45, 2.75) is 16.7 Å². The number of rotatable bonds is 7. The summed E-state index contributed by atoms with van der Waals surface area (Å²) in [5, 5.41) is 23.8. The molecule has 0 radical (unpaired) electrons. The maximum absolute atomic E-state index is 11.3. The van der Waals surface area contributed by atoms with Crippen LogP contribution in [0.25, 0.3) is 0 Å². The molecule has 0 amide bonds. The molecule has 4 N–H and O–H groups in total. The van der Waals surface area contributed by atoms with E-state index >= 15 is 0 Å². The van der Waals surface area contributed by atoms with Gasteiger partial charge in [0.25, 0.3) is 20.2 Å². The van der Waals surface area contributed by atoms with Gasteiger partial charge in [0.15, 0.2) is 0 Å².